The van der Waals surface area contributed by atoms with Gasteiger partial charge < -0.3 is 0 Å². The minimum absolute atomic E-state index is 0.597. The van der Waals surface area contributed by atoms with E-state index in [1.807, 2.05) is 60.7 Å². The molecule has 8 heteroatoms. The van der Waals surface area contributed by atoms with Gasteiger partial charge >= 0.3 is 0 Å². The molecule has 0 radical (unpaired) electrons. The maximum absolute atomic E-state index is 7.29. The van der Waals surface area contributed by atoms with Gasteiger partial charge in [0.2, 0.25) is 0 Å². The SMILES string of the molecule is [C-]#[N+]c1ccc(-c2ccc(-c3nc(-c4ccccc4)nc(-c4cccc5sc6cc(-c7nc(-c8ccccc8)c8sc9ccccc9c8n7)ccc6c45)n3)cc2)cc1. The van der Waals surface area contributed by atoms with Crippen LogP contribution in [0.25, 0.3) is 113 Å². The minimum atomic E-state index is 0.597. The summed E-state index contributed by atoms with van der Waals surface area (Å²) in [6, 6.07) is 57.7. The molecule has 0 aliphatic heterocycles. The van der Waals surface area contributed by atoms with Crippen LogP contribution in [-0.2, 0) is 0 Å². The Labute approximate surface area is 341 Å². The normalized spacial score (nSPS) is 11.4. The fraction of sp³-hybridized carbons (Fsp3) is 0. The molecule has 0 bridgehead atoms. The number of hydrogen-bond donors (Lipinski definition) is 0. The summed E-state index contributed by atoms with van der Waals surface area (Å²) in [6.45, 7) is 7.29. The predicted octanol–water partition coefficient (Wildman–Crippen LogP) is 14.0. The van der Waals surface area contributed by atoms with E-state index in [1.165, 1.54) is 4.70 Å². The van der Waals surface area contributed by atoms with Gasteiger partial charge in [0.15, 0.2) is 29.0 Å². The van der Waals surface area contributed by atoms with Crippen LogP contribution >= 0.6 is 22.7 Å². The zero-order valence-corrected chi connectivity index (χ0v) is 32.3. The molecule has 0 unspecified atom stereocenters. The first-order valence-electron chi connectivity index (χ1n) is 18.8. The van der Waals surface area contributed by atoms with Gasteiger partial charge in [-0.15, -0.1) is 22.7 Å². The lowest BCUT2D eigenvalue weighted by atomic mass is 10.0. The summed E-state index contributed by atoms with van der Waals surface area (Å²) >= 11 is 3.49. The first-order valence-corrected chi connectivity index (χ1v) is 20.4. The molecular weight excluding hydrogens is 749 g/mol. The third-order valence-corrected chi connectivity index (χ3v) is 12.7. The number of rotatable bonds is 6. The quantitative estimate of drug-likeness (QED) is 0.157. The molecule has 0 aliphatic rings. The predicted molar refractivity (Wildman–Crippen MR) is 240 cm³/mol. The van der Waals surface area contributed by atoms with Crippen LogP contribution in [0, 0.1) is 6.57 Å². The number of thiophene rings is 2. The number of nitrogens with zero attached hydrogens (tertiary/aromatic N) is 6. The summed E-state index contributed by atoms with van der Waals surface area (Å²) in [7, 11) is 0. The van der Waals surface area contributed by atoms with Gasteiger partial charge in [0.1, 0.15) is 0 Å². The van der Waals surface area contributed by atoms with Crippen molar-refractivity contribution in [3.05, 3.63) is 181 Å². The fourth-order valence-corrected chi connectivity index (χ4v) is 9.87. The molecule has 0 atom stereocenters. The number of benzene rings is 7. The van der Waals surface area contributed by atoms with Crippen molar-refractivity contribution < 1.29 is 0 Å². The highest BCUT2D eigenvalue weighted by Gasteiger charge is 2.20. The molecule has 270 valence electrons. The average molecular weight is 777 g/mol. The van der Waals surface area contributed by atoms with E-state index in [1.54, 1.807) is 22.7 Å². The van der Waals surface area contributed by atoms with Crippen molar-refractivity contribution in [3.63, 3.8) is 0 Å². The maximum Gasteiger partial charge on any atom is 0.187 e. The highest BCUT2D eigenvalue weighted by Crippen LogP contribution is 2.43. The Morgan fingerprint density at radius 1 is 0.397 bits per heavy atom. The average Bonchev–Trinajstić information content (AvgIpc) is 3.87. The van der Waals surface area contributed by atoms with E-state index in [0.29, 0.717) is 29.0 Å². The van der Waals surface area contributed by atoms with E-state index in [2.05, 4.69) is 114 Å². The minimum Gasteiger partial charge on any atom is -0.238 e. The monoisotopic (exact) mass is 776 g/mol. The van der Waals surface area contributed by atoms with Gasteiger partial charge in [0, 0.05) is 58.1 Å². The van der Waals surface area contributed by atoms with Gasteiger partial charge in [-0.25, -0.2) is 29.8 Å². The van der Waals surface area contributed by atoms with Crippen LogP contribution in [0.1, 0.15) is 0 Å². The molecule has 11 aromatic rings. The highest BCUT2D eigenvalue weighted by molar-refractivity contribution is 7.26. The molecule has 4 aromatic heterocycles. The topological polar surface area (TPSA) is 68.8 Å². The third-order valence-electron chi connectivity index (χ3n) is 10.4. The molecule has 6 nitrogen and oxygen atoms in total. The molecule has 0 fully saturated rings. The molecule has 0 saturated heterocycles. The fourth-order valence-electron chi connectivity index (χ4n) is 7.54. The molecule has 7 aromatic carbocycles. The van der Waals surface area contributed by atoms with Crippen molar-refractivity contribution in [1.82, 2.24) is 24.9 Å². The Balaban J connectivity index is 1.04. The van der Waals surface area contributed by atoms with Crippen molar-refractivity contribution in [3.8, 4) is 67.9 Å². The number of fused-ring (bicyclic) bond motifs is 6. The van der Waals surface area contributed by atoms with Crippen LogP contribution in [0.4, 0.5) is 5.69 Å². The van der Waals surface area contributed by atoms with Crippen LogP contribution in [0.3, 0.4) is 0 Å². The van der Waals surface area contributed by atoms with E-state index in [9.17, 15) is 0 Å². The Kier molecular flexibility index (Phi) is 8.14. The van der Waals surface area contributed by atoms with Gasteiger partial charge in [0.05, 0.1) is 22.5 Å². The number of aromatic nitrogens is 5. The zero-order valence-electron chi connectivity index (χ0n) is 30.7. The van der Waals surface area contributed by atoms with Crippen LogP contribution in [0.5, 0.6) is 0 Å². The van der Waals surface area contributed by atoms with Crippen molar-refractivity contribution in [1.29, 1.82) is 0 Å². The standard InChI is InChI=1S/C50H28N6S2/c1-51-36-26-23-31(24-27-36)30-19-21-34(22-20-30)48-54-47(33-13-6-3-7-14-33)55-50(56-48)39-16-10-18-41-43(39)37-28-25-35(29-42(37)57-41)49-52-44(32-11-4-2-5-12-32)46-45(53-49)38-15-8-9-17-40(38)58-46/h2-29H. The molecule has 0 N–H and O–H groups in total. The second-order valence-corrected chi connectivity index (χ2v) is 16.1. The molecular formula is C50H28N6S2. The van der Waals surface area contributed by atoms with Gasteiger partial charge in [0.25, 0.3) is 0 Å². The number of hydrogen-bond acceptors (Lipinski definition) is 7. The van der Waals surface area contributed by atoms with Gasteiger partial charge in [-0.05, 0) is 29.3 Å². The summed E-state index contributed by atoms with van der Waals surface area (Å²) < 4.78 is 4.58. The lowest BCUT2D eigenvalue weighted by Gasteiger charge is -2.10. The molecule has 4 heterocycles. The summed E-state index contributed by atoms with van der Waals surface area (Å²) in [5.41, 5.74) is 9.44. The Hall–Kier alpha value is -7.44. The van der Waals surface area contributed by atoms with E-state index in [-0.39, 0.29) is 0 Å². The second kappa shape index (κ2) is 13.9. The van der Waals surface area contributed by atoms with Crippen molar-refractivity contribution >= 4 is 68.8 Å². The largest absolute Gasteiger partial charge is 0.238 e. The molecule has 0 aliphatic carbocycles. The summed E-state index contributed by atoms with van der Waals surface area (Å²) in [4.78, 5) is 29.2. The van der Waals surface area contributed by atoms with Crippen molar-refractivity contribution in [2.75, 3.05) is 0 Å². The third kappa shape index (κ3) is 5.89. The van der Waals surface area contributed by atoms with Crippen molar-refractivity contribution in [2.45, 2.75) is 0 Å². The van der Waals surface area contributed by atoms with Crippen LogP contribution < -0.4 is 0 Å². The lowest BCUT2D eigenvalue weighted by Crippen LogP contribution is -2.00. The summed E-state index contributed by atoms with van der Waals surface area (Å²) in [5.74, 6) is 2.53. The van der Waals surface area contributed by atoms with E-state index < -0.39 is 0 Å². The van der Waals surface area contributed by atoms with Gasteiger partial charge in [-0.3, -0.25) is 0 Å². The van der Waals surface area contributed by atoms with E-state index in [0.717, 1.165) is 80.4 Å². The first-order chi connectivity index (χ1) is 28.7. The molecule has 0 amide bonds. The first kappa shape index (κ1) is 33.9. The molecule has 0 saturated carbocycles. The highest BCUT2D eigenvalue weighted by atomic mass is 32.1. The summed E-state index contributed by atoms with van der Waals surface area (Å²) in [5, 5.41) is 3.38. The smallest absolute Gasteiger partial charge is 0.187 e. The van der Waals surface area contributed by atoms with Crippen LogP contribution in [0.15, 0.2) is 170 Å². The van der Waals surface area contributed by atoms with Gasteiger partial charge in [-0.2, -0.15) is 0 Å². The Bertz CT molecular complexity index is 3390. The van der Waals surface area contributed by atoms with Crippen LogP contribution in [-0.4, -0.2) is 24.9 Å². The van der Waals surface area contributed by atoms with E-state index >= 15 is 0 Å². The lowest BCUT2D eigenvalue weighted by molar-refractivity contribution is 1.08. The Morgan fingerprint density at radius 2 is 0.983 bits per heavy atom. The molecule has 11 rings (SSSR count). The second-order valence-electron chi connectivity index (χ2n) is 13.9. The molecule has 0 spiro atoms. The van der Waals surface area contributed by atoms with Gasteiger partial charge in [-0.1, -0.05) is 152 Å². The van der Waals surface area contributed by atoms with Crippen LogP contribution in [0.2, 0.25) is 0 Å². The zero-order chi connectivity index (χ0) is 38.6. The Morgan fingerprint density at radius 3 is 1.72 bits per heavy atom. The maximum atomic E-state index is 7.29. The van der Waals surface area contributed by atoms with Crippen molar-refractivity contribution in [2.24, 2.45) is 0 Å². The summed E-state index contributed by atoms with van der Waals surface area (Å²) in [6.07, 6.45) is 0. The molecule has 58 heavy (non-hydrogen) atoms. The van der Waals surface area contributed by atoms with E-state index in [4.69, 9.17) is 31.5 Å².